The van der Waals surface area contributed by atoms with Gasteiger partial charge in [0.05, 0.1) is 0 Å². The highest BCUT2D eigenvalue weighted by atomic mass is 35.5. The maximum atomic E-state index is 11.4. The van der Waals surface area contributed by atoms with Crippen molar-refractivity contribution in [1.29, 1.82) is 0 Å². The molecule has 5 heteroatoms. The van der Waals surface area contributed by atoms with Crippen LogP contribution in [0.4, 0.5) is 0 Å². The van der Waals surface area contributed by atoms with Crippen molar-refractivity contribution in [3.63, 3.8) is 0 Å². The van der Waals surface area contributed by atoms with E-state index in [1.807, 2.05) is 18.2 Å². The Morgan fingerprint density at radius 2 is 1.78 bits per heavy atom. The number of hydrogen-bond donors (Lipinski definition) is 2. The van der Waals surface area contributed by atoms with Gasteiger partial charge in [-0.2, -0.15) is 0 Å². The van der Waals surface area contributed by atoms with Crippen LogP contribution in [0.1, 0.15) is 61.8 Å². The highest BCUT2D eigenvalue weighted by molar-refractivity contribution is 6.31. The van der Waals surface area contributed by atoms with Gasteiger partial charge in [-0.1, -0.05) is 51.4 Å². The number of phenols is 1. The van der Waals surface area contributed by atoms with Gasteiger partial charge in [0.25, 0.3) is 5.91 Å². The number of nitrogens with one attached hydrogen (secondary N) is 1. The molecule has 0 bridgehead atoms. The number of carbonyl (C=O) groups is 1. The maximum Gasteiger partial charge on any atom is 0.257 e. The van der Waals surface area contributed by atoms with Crippen LogP contribution in [0.2, 0.25) is 5.02 Å². The van der Waals surface area contributed by atoms with Gasteiger partial charge in [-0.05, 0) is 58.7 Å². The number of ether oxygens (including phenoxy) is 1. The quantitative estimate of drug-likeness (QED) is 0.699. The first kappa shape index (κ1) is 21.1. The van der Waals surface area contributed by atoms with E-state index in [0.29, 0.717) is 22.9 Å². The Kier molecular flexibility index (Phi) is 7.14. The number of aromatic hydroxyl groups is 1. The lowest BCUT2D eigenvalue weighted by molar-refractivity contribution is -0.122. The van der Waals surface area contributed by atoms with Crippen LogP contribution in [0.3, 0.4) is 0 Å². The van der Waals surface area contributed by atoms with Gasteiger partial charge in [-0.15, -0.1) is 0 Å². The summed E-state index contributed by atoms with van der Waals surface area (Å²) in [6.45, 7) is 8.29. The molecule has 4 nitrogen and oxygen atoms in total. The lowest BCUT2D eigenvalue weighted by atomic mass is 9.91. The van der Waals surface area contributed by atoms with E-state index in [1.54, 1.807) is 19.2 Å². The summed E-state index contributed by atoms with van der Waals surface area (Å²) in [7, 11) is 1.57. The molecule has 0 aliphatic rings. The number of phenolic OH excluding ortho intramolecular Hbond substituents is 1. The Morgan fingerprint density at radius 1 is 1.11 bits per heavy atom. The van der Waals surface area contributed by atoms with Crippen LogP contribution in [0.5, 0.6) is 11.5 Å². The average molecular weight is 390 g/mol. The number of halogens is 1. The van der Waals surface area contributed by atoms with Crippen molar-refractivity contribution < 1.29 is 14.6 Å². The molecule has 2 aromatic rings. The highest BCUT2D eigenvalue weighted by Crippen LogP contribution is 2.34. The number of amides is 1. The molecule has 0 aliphatic heterocycles. The van der Waals surface area contributed by atoms with Crippen molar-refractivity contribution in [3.05, 3.63) is 57.6 Å². The van der Waals surface area contributed by atoms with E-state index in [1.165, 1.54) is 0 Å². The molecule has 0 saturated carbocycles. The van der Waals surface area contributed by atoms with Crippen molar-refractivity contribution >= 4 is 17.5 Å². The zero-order valence-electron chi connectivity index (χ0n) is 16.6. The first-order valence-corrected chi connectivity index (χ1v) is 9.58. The van der Waals surface area contributed by atoms with E-state index >= 15 is 0 Å². The molecule has 0 aromatic heterocycles. The summed E-state index contributed by atoms with van der Waals surface area (Å²) in [5.74, 6) is 1.21. The molecule has 0 unspecified atom stereocenters. The third-order valence-electron chi connectivity index (χ3n) is 4.57. The number of hydrogen-bond acceptors (Lipinski definition) is 3. The number of likely N-dealkylation sites (N-methyl/N-ethyl adjacent to an activating group) is 1. The van der Waals surface area contributed by atoms with Crippen LogP contribution in [-0.4, -0.2) is 24.7 Å². The second kappa shape index (κ2) is 9.14. The zero-order chi connectivity index (χ0) is 20.1. The fraction of sp³-hybridized carbons (Fsp3) is 0.409. The first-order chi connectivity index (χ1) is 12.7. The van der Waals surface area contributed by atoms with Crippen molar-refractivity contribution in [2.24, 2.45) is 0 Å². The standard InChI is InChI=1S/C22H28ClNO3/c1-13(2)17-10-16(27-12-22(26)24-5)11-20(23)19(17)9-15-6-7-21(25)18(8-15)14(3)4/h6-8,10-11,13-14,25H,9,12H2,1-5H3,(H,24,26). The molecule has 0 spiro atoms. The normalized spacial score (nSPS) is 11.1. The zero-order valence-corrected chi connectivity index (χ0v) is 17.4. The second-order valence-electron chi connectivity index (χ2n) is 7.31. The maximum absolute atomic E-state index is 11.4. The van der Waals surface area contributed by atoms with Crippen LogP contribution in [0.25, 0.3) is 0 Å². The topological polar surface area (TPSA) is 58.6 Å². The number of benzene rings is 2. The van der Waals surface area contributed by atoms with Crippen LogP contribution in [0.15, 0.2) is 30.3 Å². The molecule has 146 valence electrons. The number of rotatable bonds is 7. The van der Waals surface area contributed by atoms with Gasteiger partial charge in [-0.3, -0.25) is 4.79 Å². The van der Waals surface area contributed by atoms with Crippen molar-refractivity contribution in [1.82, 2.24) is 5.32 Å². The molecule has 0 atom stereocenters. The van der Waals surface area contributed by atoms with E-state index < -0.39 is 0 Å². The Labute approximate surface area is 166 Å². The summed E-state index contributed by atoms with van der Waals surface area (Å²) < 4.78 is 5.57. The molecule has 2 N–H and O–H groups in total. The van der Waals surface area contributed by atoms with E-state index in [0.717, 1.165) is 22.3 Å². The first-order valence-electron chi connectivity index (χ1n) is 9.20. The molecular weight excluding hydrogens is 362 g/mol. The Morgan fingerprint density at radius 3 is 2.37 bits per heavy atom. The van der Waals surface area contributed by atoms with Gasteiger partial charge >= 0.3 is 0 Å². The fourth-order valence-electron chi connectivity index (χ4n) is 3.02. The van der Waals surface area contributed by atoms with E-state index in [4.69, 9.17) is 16.3 Å². The van der Waals surface area contributed by atoms with Crippen LogP contribution < -0.4 is 10.1 Å². The largest absolute Gasteiger partial charge is 0.508 e. The molecule has 1 amide bonds. The van der Waals surface area contributed by atoms with Gasteiger partial charge in [-0.25, -0.2) is 0 Å². The lowest BCUT2D eigenvalue weighted by Gasteiger charge is -2.18. The van der Waals surface area contributed by atoms with Gasteiger partial charge in [0.1, 0.15) is 11.5 Å². The SMILES string of the molecule is CNC(=O)COc1cc(Cl)c(Cc2ccc(O)c(C(C)C)c2)c(C(C)C)c1. The monoisotopic (exact) mass is 389 g/mol. The molecule has 2 rings (SSSR count). The summed E-state index contributed by atoms with van der Waals surface area (Å²) in [6, 6.07) is 9.43. The predicted molar refractivity (Wildman–Crippen MR) is 110 cm³/mol. The third-order valence-corrected chi connectivity index (χ3v) is 4.91. The van der Waals surface area contributed by atoms with Crippen molar-refractivity contribution in [3.8, 4) is 11.5 Å². The van der Waals surface area contributed by atoms with E-state index in [9.17, 15) is 9.90 Å². The molecule has 0 aliphatic carbocycles. The van der Waals surface area contributed by atoms with Crippen LogP contribution in [-0.2, 0) is 11.2 Å². The van der Waals surface area contributed by atoms with Gasteiger partial charge < -0.3 is 15.2 Å². The summed E-state index contributed by atoms with van der Waals surface area (Å²) >= 11 is 6.58. The molecule has 27 heavy (non-hydrogen) atoms. The molecule has 0 saturated heterocycles. The molecule has 0 fully saturated rings. The van der Waals surface area contributed by atoms with Gasteiger partial charge in [0, 0.05) is 12.1 Å². The van der Waals surface area contributed by atoms with Crippen molar-refractivity contribution in [2.75, 3.05) is 13.7 Å². The second-order valence-corrected chi connectivity index (χ2v) is 7.72. The molecule has 2 aromatic carbocycles. The molecular formula is C22H28ClNO3. The Bertz CT molecular complexity index is 815. The van der Waals surface area contributed by atoms with Crippen LogP contribution >= 0.6 is 11.6 Å². The van der Waals surface area contributed by atoms with E-state index in [2.05, 4.69) is 33.0 Å². The summed E-state index contributed by atoms with van der Waals surface area (Å²) in [6.07, 6.45) is 0.669. The minimum absolute atomic E-state index is 0.0422. The molecule has 0 radical (unpaired) electrons. The minimum Gasteiger partial charge on any atom is -0.508 e. The Hall–Kier alpha value is -2.20. The summed E-state index contributed by atoms with van der Waals surface area (Å²) in [5, 5.41) is 13.2. The van der Waals surface area contributed by atoms with Crippen LogP contribution in [0, 0.1) is 0 Å². The number of carbonyl (C=O) groups excluding carboxylic acids is 1. The predicted octanol–water partition coefficient (Wildman–Crippen LogP) is 5.01. The lowest BCUT2D eigenvalue weighted by Crippen LogP contribution is -2.24. The van der Waals surface area contributed by atoms with Gasteiger partial charge in [0.2, 0.25) is 0 Å². The smallest absolute Gasteiger partial charge is 0.257 e. The summed E-state index contributed by atoms with van der Waals surface area (Å²) in [5.41, 5.74) is 4.16. The fourth-order valence-corrected chi connectivity index (χ4v) is 3.30. The highest BCUT2D eigenvalue weighted by Gasteiger charge is 2.16. The average Bonchev–Trinajstić information content (AvgIpc) is 2.62. The Balaban J connectivity index is 2.36. The third kappa shape index (κ3) is 5.39. The van der Waals surface area contributed by atoms with Crippen molar-refractivity contribution in [2.45, 2.75) is 46.0 Å². The van der Waals surface area contributed by atoms with Gasteiger partial charge in [0.15, 0.2) is 6.61 Å². The van der Waals surface area contributed by atoms with E-state index in [-0.39, 0.29) is 24.3 Å². The summed E-state index contributed by atoms with van der Waals surface area (Å²) in [4.78, 5) is 11.4. The minimum atomic E-state index is -0.188. The molecule has 0 heterocycles.